The SMILES string of the molecule is CCNc1ccc(C(C)=O)cc1N=C1SC(=C2SC(c3ccccc3)=C(C)N2C)C(=O)N1Cc1ccccc1. The van der Waals surface area contributed by atoms with Crippen molar-refractivity contribution in [2.24, 2.45) is 4.99 Å². The van der Waals surface area contributed by atoms with Gasteiger partial charge in [0, 0.05) is 29.8 Å². The van der Waals surface area contributed by atoms with Crippen molar-refractivity contribution in [1.82, 2.24) is 9.80 Å². The number of anilines is 1. The lowest BCUT2D eigenvalue weighted by Crippen LogP contribution is -2.29. The van der Waals surface area contributed by atoms with E-state index in [4.69, 9.17) is 4.99 Å². The summed E-state index contributed by atoms with van der Waals surface area (Å²) in [4.78, 5) is 36.8. The van der Waals surface area contributed by atoms with Gasteiger partial charge in [-0.1, -0.05) is 72.4 Å². The molecule has 1 fully saturated rings. The summed E-state index contributed by atoms with van der Waals surface area (Å²) in [5, 5.41) is 4.82. The molecule has 6 nitrogen and oxygen atoms in total. The highest BCUT2D eigenvalue weighted by atomic mass is 32.2. The van der Waals surface area contributed by atoms with Crippen LogP contribution >= 0.6 is 23.5 Å². The average Bonchev–Trinajstić information content (AvgIpc) is 3.41. The van der Waals surface area contributed by atoms with Crippen molar-refractivity contribution in [3.8, 4) is 0 Å². The highest BCUT2D eigenvalue weighted by molar-refractivity contribution is 8.20. The molecule has 0 atom stereocenters. The fourth-order valence-electron chi connectivity index (χ4n) is 4.41. The number of amidine groups is 1. The Morgan fingerprint density at radius 3 is 2.31 bits per heavy atom. The third kappa shape index (κ3) is 5.53. The lowest BCUT2D eigenvalue weighted by atomic mass is 10.1. The Kier molecular flexibility index (Phi) is 7.95. The van der Waals surface area contributed by atoms with Crippen LogP contribution in [0, 0.1) is 0 Å². The van der Waals surface area contributed by atoms with Crippen molar-refractivity contribution in [1.29, 1.82) is 0 Å². The van der Waals surface area contributed by atoms with Gasteiger partial charge >= 0.3 is 0 Å². The standard InChI is InChI=1S/C31H30N4O2S2/c1-5-32-25-17-16-24(21(3)36)18-26(25)33-31-35(19-22-12-8-6-9-13-22)29(37)28(39-31)30-34(4)20(2)27(38-30)23-14-10-7-11-15-23/h6-18,32H,5,19H2,1-4H3. The van der Waals surface area contributed by atoms with Gasteiger partial charge in [0.15, 0.2) is 11.0 Å². The van der Waals surface area contributed by atoms with E-state index in [0.29, 0.717) is 34.4 Å². The predicted octanol–water partition coefficient (Wildman–Crippen LogP) is 7.32. The summed E-state index contributed by atoms with van der Waals surface area (Å²) in [6.45, 7) is 6.75. The number of nitrogens with zero attached hydrogens (tertiary/aromatic N) is 3. The minimum atomic E-state index is -0.0770. The first-order valence-corrected chi connectivity index (χ1v) is 14.4. The van der Waals surface area contributed by atoms with Crippen LogP contribution in [0.1, 0.15) is 42.3 Å². The van der Waals surface area contributed by atoms with Crippen LogP contribution in [0.4, 0.5) is 11.4 Å². The van der Waals surface area contributed by atoms with Crippen molar-refractivity contribution < 1.29 is 9.59 Å². The number of aliphatic imine (C=N–C) groups is 1. The van der Waals surface area contributed by atoms with Crippen LogP contribution in [0.3, 0.4) is 0 Å². The number of carbonyl (C=O) groups is 2. The van der Waals surface area contributed by atoms with Gasteiger partial charge in [-0.3, -0.25) is 14.5 Å². The Balaban J connectivity index is 1.58. The van der Waals surface area contributed by atoms with Gasteiger partial charge in [-0.2, -0.15) is 0 Å². The summed E-state index contributed by atoms with van der Waals surface area (Å²) in [6, 6.07) is 25.6. The van der Waals surface area contributed by atoms with E-state index in [2.05, 4.69) is 29.3 Å². The lowest BCUT2D eigenvalue weighted by molar-refractivity contribution is -0.122. The number of hydrogen-bond acceptors (Lipinski definition) is 7. The number of carbonyl (C=O) groups excluding carboxylic acids is 2. The van der Waals surface area contributed by atoms with Crippen molar-refractivity contribution >= 4 is 56.7 Å². The van der Waals surface area contributed by atoms with E-state index in [-0.39, 0.29) is 11.7 Å². The molecule has 198 valence electrons. The van der Waals surface area contributed by atoms with Gasteiger partial charge in [-0.25, -0.2) is 4.99 Å². The van der Waals surface area contributed by atoms with E-state index >= 15 is 0 Å². The summed E-state index contributed by atoms with van der Waals surface area (Å²) < 4.78 is 0. The number of nitrogens with one attached hydrogen (secondary N) is 1. The second-order valence-corrected chi connectivity index (χ2v) is 11.2. The molecule has 1 saturated heterocycles. The molecular formula is C31H30N4O2S2. The Morgan fingerprint density at radius 1 is 0.949 bits per heavy atom. The van der Waals surface area contributed by atoms with E-state index in [1.165, 1.54) is 11.8 Å². The molecule has 0 bridgehead atoms. The number of benzene rings is 3. The first kappa shape index (κ1) is 26.8. The second kappa shape index (κ2) is 11.6. The maximum absolute atomic E-state index is 14.0. The van der Waals surface area contributed by atoms with Crippen LogP contribution in [0.5, 0.6) is 0 Å². The third-order valence-electron chi connectivity index (χ3n) is 6.60. The van der Waals surface area contributed by atoms with Gasteiger partial charge in [0.1, 0.15) is 4.91 Å². The molecule has 0 aliphatic carbocycles. The molecule has 2 aliphatic rings. The Labute approximate surface area is 237 Å². The van der Waals surface area contributed by atoms with Crippen LogP contribution in [-0.2, 0) is 11.3 Å². The first-order chi connectivity index (χ1) is 18.9. The fraction of sp³-hybridized carbons (Fsp3) is 0.194. The van der Waals surface area contributed by atoms with E-state index in [0.717, 1.165) is 32.4 Å². The Bertz CT molecular complexity index is 1510. The van der Waals surface area contributed by atoms with Crippen LogP contribution in [0.15, 0.2) is 99.5 Å². The van der Waals surface area contributed by atoms with Crippen molar-refractivity contribution in [2.45, 2.75) is 27.3 Å². The number of ketones is 1. The first-order valence-electron chi connectivity index (χ1n) is 12.8. The molecule has 39 heavy (non-hydrogen) atoms. The summed E-state index contributed by atoms with van der Waals surface area (Å²) in [5.41, 5.74) is 5.28. The molecule has 3 aromatic carbocycles. The van der Waals surface area contributed by atoms with Crippen LogP contribution in [0.2, 0.25) is 0 Å². The topological polar surface area (TPSA) is 65.0 Å². The minimum absolute atomic E-state index is 0.0300. The smallest absolute Gasteiger partial charge is 0.269 e. The minimum Gasteiger partial charge on any atom is -0.384 e. The summed E-state index contributed by atoms with van der Waals surface area (Å²) in [5.74, 6) is -0.107. The molecule has 0 spiro atoms. The molecule has 0 radical (unpaired) electrons. The molecule has 3 aromatic rings. The van der Waals surface area contributed by atoms with Crippen molar-refractivity contribution in [3.63, 3.8) is 0 Å². The van der Waals surface area contributed by atoms with Crippen LogP contribution < -0.4 is 5.32 Å². The maximum atomic E-state index is 14.0. The highest BCUT2D eigenvalue weighted by Crippen LogP contribution is 2.50. The number of Topliss-reactive ketones (excluding diaryl/α,β-unsaturated/α-hetero) is 1. The molecular weight excluding hydrogens is 525 g/mol. The Morgan fingerprint density at radius 2 is 1.64 bits per heavy atom. The zero-order chi connectivity index (χ0) is 27.5. The molecule has 1 N–H and O–H groups in total. The van der Waals surface area contributed by atoms with Crippen molar-refractivity contribution in [3.05, 3.63) is 111 Å². The molecule has 0 unspecified atom stereocenters. The van der Waals surface area contributed by atoms with Gasteiger partial charge in [-0.15, -0.1) is 0 Å². The van der Waals surface area contributed by atoms with Gasteiger partial charge in [0.25, 0.3) is 5.91 Å². The van der Waals surface area contributed by atoms with E-state index < -0.39 is 0 Å². The molecule has 8 heteroatoms. The van der Waals surface area contributed by atoms with E-state index in [9.17, 15) is 9.59 Å². The number of allylic oxidation sites excluding steroid dienone is 1. The van der Waals surface area contributed by atoms with Gasteiger partial charge < -0.3 is 10.2 Å². The second-order valence-electron chi connectivity index (χ2n) is 9.27. The molecule has 2 heterocycles. The van der Waals surface area contributed by atoms with E-state index in [1.54, 1.807) is 35.7 Å². The molecule has 5 rings (SSSR count). The normalized spacial score (nSPS) is 18.5. The lowest BCUT2D eigenvalue weighted by Gasteiger charge is -2.17. The molecule has 1 amide bonds. The van der Waals surface area contributed by atoms with E-state index in [1.807, 2.05) is 68.6 Å². The number of thioether (sulfide) groups is 2. The Hall–Kier alpha value is -3.75. The zero-order valence-electron chi connectivity index (χ0n) is 22.4. The number of hydrogen-bond donors (Lipinski definition) is 1. The van der Waals surface area contributed by atoms with Crippen LogP contribution in [-0.4, -0.2) is 40.3 Å². The molecule has 0 aromatic heterocycles. The highest BCUT2D eigenvalue weighted by Gasteiger charge is 2.39. The third-order valence-corrected chi connectivity index (χ3v) is 9.20. The zero-order valence-corrected chi connectivity index (χ0v) is 24.0. The average molecular weight is 555 g/mol. The molecule has 0 saturated carbocycles. The summed E-state index contributed by atoms with van der Waals surface area (Å²) in [7, 11) is 2.00. The maximum Gasteiger partial charge on any atom is 0.269 e. The fourth-order valence-corrected chi connectivity index (χ4v) is 6.85. The van der Waals surface area contributed by atoms with Crippen LogP contribution in [0.25, 0.3) is 4.91 Å². The van der Waals surface area contributed by atoms with Gasteiger partial charge in [0.2, 0.25) is 0 Å². The number of amides is 1. The largest absolute Gasteiger partial charge is 0.384 e. The monoisotopic (exact) mass is 554 g/mol. The summed E-state index contributed by atoms with van der Waals surface area (Å²) in [6.07, 6.45) is 0. The van der Waals surface area contributed by atoms with Gasteiger partial charge in [0.05, 0.1) is 22.9 Å². The quantitative estimate of drug-likeness (QED) is 0.244. The molecule has 2 aliphatic heterocycles. The van der Waals surface area contributed by atoms with Crippen molar-refractivity contribution in [2.75, 3.05) is 18.9 Å². The summed E-state index contributed by atoms with van der Waals surface area (Å²) >= 11 is 3.01. The van der Waals surface area contributed by atoms with Gasteiger partial charge in [-0.05, 0) is 61.9 Å². The predicted molar refractivity (Wildman–Crippen MR) is 164 cm³/mol. The number of rotatable bonds is 7.